The molecule has 0 bridgehead atoms. The van der Waals surface area contributed by atoms with Crippen LogP contribution in [0.4, 0.5) is 5.13 Å². The van der Waals surface area contributed by atoms with E-state index in [1.165, 1.54) is 11.3 Å². The molecule has 0 atom stereocenters. The van der Waals surface area contributed by atoms with Gasteiger partial charge in [0.15, 0.2) is 10.8 Å². The molecule has 0 radical (unpaired) electrons. The van der Waals surface area contributed by atoms with E-state index in [4.69, 9.17) is 4.74 Å². The zero-order valence-electron chi connectivity index (χ0n) is 12.4. The first-order chi connectivity index (χ1) is 10.7. The van der Waals surface area contributed by atoms with E-state index in [1.807, 2.05) is 32.0 Å². The second kappa shape index (κ2) is 6.15. The van der Waals surface area contributed by atoms with Crippen molar-refractivity contribution in [2.45, 2.75) is 20.4 Å². The lowest BCUT2D eigenvalue weighted by Crippen LogP contribution is -2.13. The normalized spacial score (nSPS) is 10.8. The molecule has 0 unspecified atom stereocenters. The Bertz CT molecular complexity index is 809. The minimum atomic E-state index is -0.260. The van der Waals surface area contributed by atoms with E-state index in [0.29, 0.717) is 17.4 Å². The number of anilines is 1. The molecular formula is C15H16N4O2S. The molecular weight excluding hydrogens is 300 g/mol. The summed E-state index contributed by atoms with van der Waals surface area (Å²) >= 11 is 1.42. The molecule has 7 heteroatoms. The molecule has 0 spiro atoms. The number of aryl methyl sites for hydroxylation is 1. The Hall–Kier alpha value is -2.41. The summed E-state index contributed by atoms with van der Waals surface area (Å²) in [5, 5.41) is 7.51. The van der Waals surface area contributed by atoms with Crippen molar-refractivity contribution in [1.29, 1.82) is 0 Å². The largest absolute Gasteiger partial charge is 0.492 e. The molecule has 0 aliphatic heterocycles. The number of carbonyl (C=O) groups excluding carboxylic acids is 1. The van der Waals surface area contributed by atoms with Crippen LogP contribution in [-0.2, 0) is 6.54 Å². The summed E-state index contributed by atoms with van der Waals surface area (Å²) in [5.74, 6) is 0.469. The van der Waals surface area contributed by atoms with Crippen molar-refractivity contribution in [3.63, 3.8) is 0 Å². The number of hydrogen-bond donors (Lipinski definition) is 1. The maximum atomic E-state index is 12.2. The number of benzene rings is 1. The van der Waals surface area contributed by atoms with Gasteiger partial charge in [-0.05, 0) is 32.0 Å². The van der Waals surface area contributed by atoms with Gasteiger partial charge in [-0.15, -0.1) is 0 Å². The number of rotatable bonds is 5. The number of hydrogen-bond acceptors (Lipinski definition) is 5. The standard InChI is InChI=1S/C15H16N4O2S/c1-3-19-9-8-10(18-19)14(20)17-15-16-13-11(21-4-2)6-5-7-12(13)22-15/h5-9H,3-4H2,1-2H3,(H,16,17,20). The van der Waals surface area contributed by atoms with E-state index in [0.717, 1.165) is 22.5 Å². The second-order valence-electron chi connectivity index (χ2n) is 4.57. The molecule has 2 heterocycles. The van der Waals surface area contributed by atoms with Crippen LogP contribution in [0.25, 0.3) is 10.2 Å². The van der Waals surface area contributed by atoms with Gasteiger partial charge in [-0.1, -0.05) is 17.4 Å². The smallest absolute Gasteiger partial charge is 0.277 e. The number of nitrogens with zero attached hydrogens (tertiary/aromatic N) is 3. The van der Waals surface area contributed by atoms with Crippen molar-refractivity contribution in [2.24, 2.45) is 0 Å². The molecule has 0 aliphatic rings. The van der Waals surface area contributed by atoms with Gasteiger partial charge in [-0.25, -0.2) is 4.98 Å². The Morgan fingerprint density at radius 1 is 1.36 bits per heavy atom. The number of amides is 1. The summed E-state index contributed by atoms with van der Waals surface area (Å²) in [6, 6.07) is 7.44. The Kier molecular flexibility index (Phi) is 4.06. The van der Waals surface area contributed by atoms with Gasteiger partial charge < -0.3 is 4.74 Å². The average Bonchev–Trinajstić information content (AvgIpc) is 3.13. The number of para-hydroxylation sites is 1. The van der Waals surface area contributed by atoms with Gasteiger partial charge in [0.25, 0.3) is 5.91 Å². The third-order valence-electron chi connectivity index (χ3n) is 3.10. The van der Waals surface area contributed by atoms with Crippen molar-refractivity contribution in [3.05, 3.63) is 36.2 Å². The van der Waals surface area contributed by atoms with E-state index in [-0.39, 0.29) is 5.91 Å². The molecule has 0 fully saturated rings. The van der Waals surface area contributed by atoms with E-state index in [2.05, 4.69) is 15.4 Å². The van der Waals surface area contributed by atoms with Crippen molar-refractivity contribution in [2.75, 3.05) is 11.9 Å². The molecule has 114 valence electrons. The Balaban J connectivity index is 1.84. The highest BCUT2D eigenvalue weighted by Crippen LogP contribution is 2.32. The quantitative estimate of drug-likeness (QED) is 0.785. The topological polar surface area (TPSA) is 69.0 Å². The van der Waals surface area contributed by atoms with Gasteiger partial charge in [-0.2, -0.15) is 5.10 Å². The van der Waals surface area contributed by atoms with Crippen LogP contribution in [0.5, 0.6) is 5.75 Å². The van der Waals surface area contributed by atoms with Gasteiger partial charge in [-0.3, -0.25) is 14.8 Å². The number of aromatic nitrogens is 3. The number of thiazole rings is 1. The van der Waals surface area contributed by atoms with E-state index < -0.39 is 0 Å². The Morgan fingerprint density at radius 2 is 2.23 bits per heavy atom. The minimum absolute atomic E-state index is 0.260. The first-order valence-corrected chi connectivity index (χ1v) is 7.90. The second-order valence-corrected chi connectivity index (χ2v) is 5.60. The summed E-state index contributed by atoms with van der Waals surface area (Å²) in [6.45, 7) is 5.20. The van der Waals surface area contributed by atoms with Crippen molar-refractivity contribution in [1.82, 2.24) is 14.8 Å². The Labute approximate surface area is 131 Å². The Morgan fingerprint density at radius 3 is 2.95 bits per heavy atom. The summed E-state index contributed by atoms with van der Waals surface area (Å²) in [7, 11) is 0. The maximum absolute atomic E-state index is 12.2. The lowest BCUT2D eigenvalue weighted by Gasteiger charge is -2.02. The van der Waals surface area contributed by atoms with Crippen LogP contribution < -0.4 is 10.1 Å². The number of nitrogens with one attached hydrogen (secondary N) is 1. The number of ether oxygens (including phenoxy) is 1. The fraction of sp³-hybridized carbons (Fsp3) is 0.267. The monoisotopic (exact) mass is 316 g/mol. The molecule has 3 aromatic rings. The fourth-order valence-corrected chi connectivity index (χ4v) is 2.95. The minimum Gasteiger partial charge on any atom is -0.492 e. The van der Waals surface area contributed by atoms with E-state index >= 15 is 0 Å². The predicted molar refractivity (Wildman–Crippen MR) is 86.6 cm³/mol. The average molecular weight is 316 g/mol. The van der Waals surface area contributed by atoms with Crippen LogP contribution in [0.1, 0.15) is 24.3 Å². The lowest BCUT2D eigenvalue weighted by atomic mass is 10.3. The molecule has 0 saturated carbocycles. The van der Waals surface area contributed by atoms with E-state index in [1.54, 1.807) is 16.9 Å². The molecule has 6 nitrogen and oxygen atoms in total. The third-order valence-corrected chi connectivity index (χ3v) is 4.04. The number of fused-ring (bicyclic) bond motifs is 1. The van der Waals surface area contributed by atoms with Gasteiger partial charge in [0.2, 0.25) is 0 Å². The molecule has 1 aromatic carbocycles. The molecule has 1 N–H and O–H groups in total. The summed E-state index contributed by atoms with van der Waals surface area (Å²) < 4.78 is 8.24. The molecule has 0 saturated heterocycles. The van der Waals surface area contributed by atoms with Crippen LogP contribution >= 0.6 is 11.3 Å². The number of carbonyl (C=O) groups is 1. The first-order valence-electron chi connectivity index (χ1n) is 7.08. The van der Waals surface area contributed by atoms with Crippen LogP contribution in [0.3, 0.4) is 0 Å². The van der Waals surface area contributed by atoms with Gasteiger partial charge >= 0.3 is 0 Å². The van der Waals surface area contributed by atoms with Crippen molar-refractivity contribution < 1.29 is 9.53 Å². The lowest BCUT2D eigenvalue weighted by molar-refractivity contribution is 0.102. The van der Waals surface area contributed by atoms with Crippen LogP contribution in [-0.4, -0.2) is 27.3 Å². The summed E-state index contributed by atoms with van der Waals surface area (Å²) in [6.07, 6.45) is 1.78. The highest BCUT2D eigenvalue weighted by molar-refractivity contribution is 7.22. The van der Waals surface area contributed by atoms with Crippen LogP contribution in [0, 0.1) is 0 Å². The van der Waals surface area contributed by atoms with Crippen LogP contribution in [0.15, 0.2) is 30.5 Å². The zero-order chi connectivity index (χ0) is 15.5. The van der Waals surface area contributed by atoms with Crippen molar-refractivity contribution >= 4 is 32.6 Å². The van der Waals surface area contributed by atoms with Crippen molar-refractivity contribution in [3.8, 4) is 5.75 Å². The predicted octanol–water partition coefficient (Wildman–Crippen LogP) is 3.16. The third kappa shape index (κ3) is 2.80. The summed E-state index contributed by atoms with van der Waals surface area (Å²) in [4.78, 5) is 16.6. The highest BCUT2D eigenvalue weighted by Gasteiger charge is 2.14. The van der Waals surface area contributed by atoms with Gasteiger partial charge in [0, 0.05) is 12.7 Å². The van der Waals surface area contributed by atoms with Gasteiger partial charge in [0.05, 0.1) is 11.3 Å². The van der Waals surface area contributed by atoms with Gasteiger partial charge in [0.1, 0.15) is 11.3 Å². The SMILES string of the molecule is CCOc1cccc2sc(NC(=O)c3ccn(CC)n3)nc12. The maximum Gasteiger partial charge on any atom is 0.277 e. The highest BCUT2D eigenvalue weighted by atomic mass is 32.1. The molecule has 22 heavy (non-hydrogen) atoms. The van der Waals surface area contributed by atoms with Crippen LogP contribution in [0.2, 0.25) is 0 Å². The molecule has 1 amide bonds. The molecule has 2 aromatic heterocycles. The van der Waals surface area contributed by atoms with E-state index in [9.17, 15) is 4.79 Å². The first kappa shape index (κ1) is 14.5. The fourth-order valence-electron chi connectivity index (χ4n) is 2.07. The molecule has 0 aliphatic carbocycles. The summed E-state index contributed by atoms with van der Waals surface area (Å²) in [5.41, 5.74) is 1.15. The zero-order valence-corrected chi connectivity index (χ0v) is 13.2. The molecule has 3 rings (SSSR count).